The highest BCUT2D eigenvalue weighted by Crippen LogP contribution is 2.36. The number of aryl methyl sites for hydroxylation is 1. The van der Waals surface area contributed by atoms with Crippen LogP contribution in [-0.4, -0.2) is 6.61 Å². The molecule has 2 nitrogen and oxygen atoms in total. The van der Waals surface area contributed by atoms with Gasteiger partial charge in [0.15, 0.2) is 0 Å². The first-order valence-electron chi connectivity index (χ1n) is 7.09. The number of benzene rings is 2. The van der Waals surface area contributed by atoms with Crippen LogP contribution in [0.5, 0.6) is 5.75 Å². The highest BCUT2D eigenvalue weighted by atomic mass is 79.9. The molecule has 0 bridgehead atoms. The fourth-order valence-corrected chi connectivity index (χ4v) is 3.13. The minimum absolute atomic E-state index is 0.250. The summed E-state index contributed by atoms with van der Waals surface area (Å²) in [4.78, 5) is 0. The van der Waals surface area contributed by atoms with Gasteiger partial charge in [-0.1, -0.05) is 29.8 Å². The zero-order chi connectivity index (χ0) is 14.8. The predicted molar refractivity (Wildman–Crippen MR) is 91.4 cm³/mol. The Hall–Kier alpha value is -1.19. The van der Waals surface area contributed by atoms with Crippen molar-refractivity contribution in [3.05, 3.63) is 57.0 Å². The van der Waals surface area contributed by atoms with Crippen molar-refractivity contribution >= 4 is 33.2 Å². The van der Waals surface area contributed by atoms with Gasteiger partial charge >= 0.3 is 0 Å². The van der Waals surface area contributed by atoms with Gasteiger partial charge in [-0.3, -0.25) is 0 Å². The van der Waals surface area contributed by atoms with E-state index in [4.69, 9.17) is 16.3 Å². The normalized spacial score (nSPS) is 17.6. The van der Waals surface area contributed by atoms with E-state index < -0.39 is 0 Å². The molecule has 0 aromatic heterocycles. The second-order valence-corrected chi connectivity index (χ2v) is 6.57. The molecule has 2 aromatic rings. The van der Waals surface area contributed by atoms with Gasteiger partial charge in [0.1, 0.15) is 5.75 Å². The molecule has 0 saturated heterocycles. The lowest BCUT2D eigenvalue weighted by Crippen LogP contribution is -2.10. The lowest BCUT2D eigenvalue weighted by atomic mass is 9.99. The van der Waals surface area contributed by atoms with Gasteiger partial charge in [-0.05, 0) is 59.5 Å². The third kappa shape index (κ3) is 3.19. The summed E-state index contributed by atoms with van der Waals surface area (Å²) < 4.78 is 6.83. The number of ether oxygens (including phenoxy) is 1. The molecule has 1 N–H and O–H groups in total. The standard InChI is InChI=1S/C17H17BrClNO/c1-11-4-2-5-13-16(6-3-9-21-17(11)13)20-12-7-8-14(18)15(19)10-12/h2,4-5,7-8,10,16,20H,3,6,9H2,1H3. The predicted octanol–water partition coefficient (Wildman–Crippen LogP) is 5.74. The van der Waals surface area contributed by atoms with Crippen LogP contribution in [0.4, 0.5) is 5.69 Å². The number of nitrogens with one attached hydrogen (secondary N) is 1. The van der Waals surface area contributed by atoms with E-state index in [2.05, 4.69) is 46.4 Å². The van der Waals surface area contributed by atoms with E-state index in [-0.39, 0.29) is 6.04 Å². The van der Waals surface area contributed by atoms with Crippen LogP contribution in [0.3, 0.4) is 0 Å². The Morgan fingerprint density at radius 3 is 2.95 bits per heavy atom. The molecule has 0 radical (unpaired) electrons. The van der Waals surface area contributed by atoms with Gasteiger partial charge in [-0.25, -0.2) is 0 Å². The monoisotopic (exact) mass is 365 g/mol. The van der Waals surface area contributed by atoms with E-state index in [1.807, 2.05) is 18.2 Å². The van der Waals surface area contributed by atoms with E-state index in [9.17, 15) is 0 Å². The molecule has 4 heteroatoms. The molecule has 1 aliphatic rings. The third-order valence-corrected chi connectivity index (χ3v) is 4.99. The average molecular weight is 367 g/mol. The minimum atomic E-state index is 0.250. The van der Waals surface area contributed by atoms with Gasteiger partial charge in [0.25, 0.3) is 0 Å². The number of hydrogen-bond acceptors (Lipinski definition) is 2. The highest BCUT2D eigenvalue weighted by Gasteiger charge is 2.21. The van der Waals surface area contributed by atoms with Crippen LogP contribution in [0.25, 0.3) is 0 Å². The van der Waals surface area contributed by atoms with E-state index in [1.165, 1.54) is 11.1 Å². The average Bonchev–Trinajstić information content (AvgIpc) is 2.67. The molecule has 0 saturated carbocycles. The molecule has 1 heterocycles. The first-order valence-corrected chi connectivity index (χ1v) is 8.26. The number of para-hydroxylation sites is 1. The number of anilines is 1. The van der Waals surface area contributed by atoms with Crippen molar-refractivity contribution in [3.63, 3.8) is 0 Å². The summed E-state index contributed by atoms with van der Waals surface area (Å²) in [5, 5.41) is 4.30. The Kier molecular flexibility index (Phi) is 4.41. The van der Waals surface area contributed by atoms with E-state index in [1.54, 1.807) is 0 Å². The summed E-state index contributed by atoms with van der Waals surface area (Å²) in [6, 6.07) is 12.5. The SMILES string of the molecule is Cc1cccc2c1OCCCC2Nc1ccc(Br)c(Cl)c1. The highest BCUT2D eigenvalue weighted by molar-refractivity contribution is 9.10. The number of fused-ring (bicyclic) bond motifs is 1. The summed E-state index contributed by atoms with van der Waals surface area (Å²) in [5.74, 6) is 1.02. The van der Waals surface area contributed by atoms with Gasteiger partial charge in [-0.15, -0.1) is 0 Å². The molecular formula is C17H17BrClNO. The molecule has 0 fully saturated rings. The van der Waals surface area contributed by atoms with Crippen LogP contribution >= 0.6 is 27.5 Å². The summed E-state index contributed by atoms with van der Waals surface area (Å²) in [7, 11) is 0. The largest absolute Gasteiger partial charge is 0.493 e. The van der Waals surface area contributed by atoms with Crippen LogP contribution in [-0.2, 0) is 0 Å². The molecule has 2 aromatic carbocycles. The van der Waals surface area contributed by atoms with Crippen molar-refractivity contribution in [2.45, 2.75) is 25.8 Å². The Labute approximate surface area is 138 Å². The number of hydrogen-bond donors (Lipinski definition) is 1. The first-order chi connectivity index (χ1) is 10.1. The van der Waals surface area contributed by atoms with Crippen molar-refractivity contribution in [2.24, 2.45) is 0 Å². The van der Waals surface area contributed by atoms with Gasteiger partial charge < -0.3 is 10.1 Å². The molecule has 0 amide bonds. The van der Waals surface area contributed by atoms with Crippen molar-refractivity contribution in [2.75, 3.05) is 11.9 Å². The number of rotatable bonds is 2. The Morgan fingerprint density at radius 1 is 1.29 bits per heavy atom. The van der Waals surface area contributed by atoms with Gasteiger partial charge in [0.2, 0.25) is 0 Å². The van der Waals surface area contributed by atoms with Crippen molar-refractivity contribution in [1.29, 1.82) is 0 Å². The quantitative estimate of drug-likeness (QED) is 0.732. The molecule has 1 unspecified atom stereocenters. The molecule has 0 aliphatic carbocycles. The fraction of sp³-hybridized carbons (Fsp3) is 0.294. The Bertz CT molecular complexity index is 659. The second-order valence-electron chi connectivity index (χ2n) is 5.31. The summed E-state index contributed by atoms with van der Waals surface area (Å²) >= 11 is 9.60. The molecular weight excluding hydrogens is 350 g/mol. The maximum absolute atomic E-state index is 6.18. The van der Waals surface area contributed by atoms with Gasteiger partial charge in [0.05, 0.1) is 17.7 Å². The van der Waals surface area contributed by atoms with E-state index >= 15 is 0 Å². The van der Waals surface area contributed by atoms with Crippen LogP contribution in [0.1, 0.15) is 30.0 Å². The molecule has 110 valence electrons. The molecule has 1 aliphatic heterocycles. The zero-order valence-corrected chi connectivity index (χ0v) is 14.2. The van der Waals surface area contributed by atoms with Gasteiger partial charge in [0, 0.05) is 15.7 Å². The molecule has 21 heavy (non-hydrogen) atoms. The molecule has 0 spiro atoms. The van der Waals surface area contributed by atoms with Crippen molar-refractivity contribution < 1.29 is 4.74 Å². The molecule has 1 atom stereocenters. The van der Waals surface area contributed by atoms with Crippen LogP contribution in [0, 0.1) is 6.92 Å². The molecule has 3 rings (SSSR count). The van der Waals surface area contributed by atoms with Crippen molar-refractivity contribution in [3.8, 4) is 5.75 Å². The maximum Gasteiger partial charge on any atom is 0.127 e. The Balaban J connectivity index is 1.92. The van der Waals surface area contributed by atoms with Crippen LogP contribution in [0.2, 0.25) is 5.02 Å². The summed E-state index contributed by atoms with van der Waals surface area (Å²) in [6.45, 7) is 2.87. The fourth-order valence-electron chi connectivity index (χ4n) is 2.70. The topological polar surface area (TPSA) is 21.3 Å². The third-order valence-electron chi connectivity index (χ3n) is 3.76. The second kappa shape index (κ2) is 6.29. The maximum atomic E-state index is 6.18. The lowest BCUT2D eigenvalue weighted by Gasteiger charge is -2.20. The van der Waals surface area contributed by atoms with Crippen molar-refractivity contribution in [1.82, 2.24) is 0 Å². The van der Waals surface area contributed by atoms with Crippen LogP contribution in [0.15, 0.2) is 40.9 Å². The minimum Gasteiger partial charge on any atom is -0.493 e. The van der Waals surface area contributed by atoms with Crippen LogP contribution < -0.4 is 10.1 Å². The zero-order valence-electron chi connectivity index (χ0n) is 11.8. The Morgan fingerprint density at radius 2 is 2.14 bits per heavy atom. The summed E-state index contributed by atoms with van der Waals surface area (Å²) in [5.41, 5.74) is 3.45. The van der Waals surface area contributed by atoms with E-state index in [0.717, 1.165) is 35.4 Å². The summed E-state index contributed by atoms with van der Waals surface area (Å²) in [6.07, 6.45) is 2.08. The number of halogens is 2. The van der Waals surface area contributed by atoms with Gasteiger partial charge in [-0.2, -0.15) is 0 Å². The smallest absolute Gasteiger partial charge is 0.127 e. The first kappa shape index (κ1) is 14.7. The lowest BCUT2D eigenvalue weighted by molar-refractivity contribution is 0.314. The van der Waals surface area contributed by atoms with E-state index in [0.29, 0.717) is 5.02 Å².